The number of rotatable bonds is 7. The molecule has 1 aromatic rings. The van der Waals surface area contributed by atoms with Crippen LogP contribution < -0.4 is 10.1 Å². The molecule has 1 N–H and O–H groups in total. The minimum atomic E-state index is -0.0586. The van der Waals surface area contributed by atoms with Crippen molar-refractivity contribution < 1.29 is 9.53 Å². The number of nitrogens with one attached hydrogen (secondary N) is 1. The molecule has 1 heterocycles. The van der Waals surface area contributed by atoms with E-state index in [0.717, 1.165) is 6.54 Å². The molecule has 0 fully saturated rings. The highest BCUT2D eigenvalue weighted by atomic mass is 16.5. The lowest BCUT2D eigenvalue weighted by molar-refractivity contribution is 0.0766. The van der Waals surface area contributed by atoms with E-state index in [1.807, 2.05) is 27.8 Å². The van der Waals surface area contributed by atoms with Crippen LogP contribution in [0.5, 0.6) is 5.75 Å². The predicted octanol–water partition coefficient (Wildman–Crippen LogP) is 1.55. The van der Waals surface area contributed by atoms with Crippen molar-refractivity contribution in [3.63, 3.8) is 0 Å². The summed E-state index contributed by atoms with van der Waals surface area (Å²) in [6.07, 6.45) is 1.65. The summed E-state index contributed by atoms with van der Waals surface area (Å²) < 4.78 is 5.72. The zero-order valence-corrected chi connectivity index (χ0v) is 12.1. The van der Waals surface area contributed by atoms with Crippen molar-refractivity contribution in [1.29, 1.82) is 0 Å². The first kappa shape index (κ1) is 15.4. The number of pyridine rings is 1. The summed E-state index contributed by atoms with van der Waals surface area (Å²) in [6, 6.07) is 3.47. The summed E-state index contributed by atoms with van der Waals surface area (Å²) in [5.74, 6) is 0.616. The molecule has 1 amide bonds. The second-order valence-corrected chi connectivity index (χ2v) is 4.34. The van der Waals surface area contributed by atoms with Gasteiger partial charge in [-0.25, -0.2) is 0 Å². The maximum Gasteiger partial charge on any atom is 0.272 e. The van der Waals surface area contributed by atoms with Gasteiger partial charge in [-0.1, -0.05) is 0 Å². The second kappa shape index (κ2) is 7.74. The van der Waals surface area contributed by atoms with Gasteiger partial charge in [-0.15, -0.1) is 0 Å². The van der Waals surface area contributed by atoms with Gasteiger partial charge in [-0.2, -0.15) is 0 Å². The molecule has 1 atom stereocenters. The standard InChI is InChI=1S/C14H23N3O2/c1-5-17(6-2)14(18)13-9-12(7-8-16-13)19-11(3)10-15-4/h7-9,11,15H,5-6,10H2,1-4H3. The third-order valence-corrected chi connectivity index (χ3v) is 2.83. The molecule has 0 aliphatic heterocycles. The number of aromatic nitrogens is 1. The molecule has 0 aliphatic carbocycles. The van der Waals surface area contributed by atoms with Crippen LogP contribution >= 0.6 is 0 Å². The number of ether oxygens (including phenoxy) is 1. The van der Waals surface area contributed by atoms with Crippen molar-refractivity contribution in [2.75, 3.05) is 26.7 Å². The lowest BCUT2D eigenvalue weighted by Gasteiger charge is -2.19. The fourth-order valence-corrected chi connectivity index (χ4v) is 1.84. The summed E-state index contributed by atoms with van der Waals surface area (Å²) in [6.45, 7) is 7.99. The molecular weight excluding hydrogens is 242 g/mol. The molecule has 0 aliphatic rings. The maximum atomic E-state index is 12.2. The van der Waals surface area contributed by atoms with Crippen molar-refractivity contribution in [2.24, 2.45) is 0 Å². The van der Waals surface area contributed by atoms with Crippen LogP contribution in [0.1, 0.15) is 31.3 Å². The molecule has 0 saturated heterocycles. The Labute approximate surface area is 115 Å². The van der Waals surface area contributed by atoms with Crippen molar-refractivity contribution in [1.82, 2.24) is 15.2 Å². The van der Waals surface area contributed by atoms with Gasteiger partial charge in [0, 0.05) is 31.9 Å². The van der Waals surface area contributed by atoms with Gasteiger partial charge >= 0.3 is 0 Å². The Kier molecular flexibility index (Phi) is 6.29. The monoisotopic (exact) mass is 265 g/mol. The number of hydrogen-bond donors (Lipinski definition) is 1. The van der Waals surface area contributed by atoms with Gasteiger partial charge < -0.3 is 15.0 Å². The fourth-order valence-electron chi connectivity index (χ4n) is 1.84. The zero-order valence-electron chi connectivity index (χ0n) is 12.1. The molecule has 0 radical (unpaired) electrons. The summed E-state index contributed by atoms with van der Waals surface area (Å²) in [5, 5.41) is 3.05. The average Bonchev–Trinajstić information content (AvgIpc) is 2.40. The third kappa shape index (κ3) is 4.52. The molecule has 0 saturated carbocycles. The van der Waals surface area contributed by atoms with Gasteiger partial charge in [0.05, 0.1) is 0 Å². The van der Waals surface area contributed by atoms with Crippen molar-refractivity contribution in [3.05, 3.63) is 24.0 Å². The predicted molar refractivity (Wildman–Crippen MR) is 75.5 cm³/mol. The normalized spacial score (nSPS) is 12.0. The Bertz CT molecular complexity index is 405. The smallest absolute Gasteiger partial charge is 0.272 e. The first-order valence-electron chi connectivity index (χ1n) is 6.68. The van der Waals surface area contributed by atoms with E-state index in [4.69, 9.17) is 4.74 Å². The van der Waals surface area contributed by atoms with E-state index in [9.17, 15) is 4.79 Å². The van der Waals surface area contributed by atoms with Crippen molar-refractivity contribution in [2.45, 2.75) is 26.9 Å². The van der Waals surface area contributed by atoms with Crippen molar-refractivity contribution in [3.8, 4) is 5.75 Å². The van der Waals surface area contributed by atoms with Gasteiger partial charge in [0.25, 0.3) is 5.91 Å². The van der Waals surface area contributed by atoms with E-state index in [1.165, 1.54) is 0 Å². The van der Waals surface area contributed by atoms with Gasteiger partial charge in [-0.05, 0) is 33.9 Å². The molecule has 5 heteroatoms. The molecule has 0 spiro atoms. The molecule has 106 valence electrons. The number of amides is 1. The van der Waals surface area contributed by atoms with E-state index in [0.29, 0.717) is 24.5 Å². The van der Waals surface area contributed by atoms with E-state index in [2.05, 4.69) is 10.3 Å². The Morgan fingerprint density at radius 2 is 2.16 bits per heavy atom. The highest BCUT2D eigenvalue weighted by Gasteiger charge is 2.15. The lowest BCUT2D eigenvalue weighted by Crippen LogP contribution is -2.31. The minimum absolute atomic E-state index is 0.0452. The number of nitrogens with zero attached hydrogens (tertiary/aromatic N) is 2. The molecule has 1 rings (SSSR count). The molecular formula is C14H23N3O2. The van der Waals surface area contributed by atoms with E-state index in [-0.39, 0.29) is 12.0 Å². The van der Waals surface area contributed by atoms with E-state index in [1.54, 1.807) is 23.2 Å². The van der Waals surface area contributed by atoms with E-state index >= 15 is 0 Å². The Hall–Kier alpha value is -1.62. The summed E-state index contributed by atoms with van der Waals surface area (Å²) >= 11 is 0. The van der Waals surface area contributed by atoms with Crippen LogP contribution in [0.25, 0.3) is 0 Å². The molecule has 0 bridgehead atoms. The third-order valence-electron chi connectivity index (χ3n) is 2.83. The van der Waals surface area contributed by atoms with Gasteiger partial charge in [0.1, 0.15) is 17.5 Å². The molecule has 1 aromatic heterocycles. The van der Waals surface area contributed by atoms with Crippen LogP contribution in [-0.4, -0.2) is 48.6 Å². The summed E-state index contributed by atoms with van der Waals surface area (Å²) in [7, 11) is 1.88. The summed E-state index contributed by atoms with van der Waals surface area (Å²) in [5.41, 5.74) is 0.429. The fraction of sp³-hybridized carbons (Fsp3) is 0.571. The highest BCUT2D eigenvalue weighted by molar-refractivity contribution is 5.92. The number of carbonyl (C=O) groups is 1. The van der Waals surface area contributed by atoms with Crippen LogP contribution in [0.15, 0.2) is 18.3 Å². The Balaban J connectivity index is 2.79. The van der Waals surface area contributed by atoms with Gasteiger partial charge in [0.15, 0.2) is 0 Å². The maximum absolute atomic E-state index is 12.2. The van der Waals surface area contributed by atoms with Crippen LogP contribution in [0.4, 0.5) is 0 Å². The number of likely N-dealkylation sites (N-methyl/N-ethyl adjacent to an activating group) is 1. The van der Waals surface area contributed by atoms with Gasteiger partial charge in [0.2, 0.25) is 0 Å². The Morgan fingerprint density at radius 1 is 1.47 bits per heavy atom. The molecule has 19 heavy (non-hydrogen) atoms. The van der Waals surface area contributed by atoms with Crippen LogP contribution in [-0.2, 0) is 0 Å². The van der Waals surface area contributed by atoms with Crippen LogP contribution in [0, 0.1) is 0 Å². The first-order chi connectivity index (χ1) is 9.12. The molecule has 1 unspecified atom stereocenters. The number of carbonyl (C=O) groups excluding carboxylic acids is 1. The lowest BCUT2D eigenvalue weighted by atomic mass is 10.3. The highest BCUT2D eigenvalue weighted by Crippen LogP contribution is 2.14. The summed E-state index contributed by atoms with van der Waals surface area (Å²) in [4.78, 5) is 18.0. The molecule has 0 aromatic carbocycles. The van der Waals surface area contributed by atoms with Crippen LogP contribution in [0.2, 0.25) is 0 Å². The minimum Gasteiger partial charge on any atom is -0.489 e. The quantitative estimate of drug-likeness (QED) is 0.812. The van der Waals surface area contributed by atoms with Crippen LogP contribution in [0.3, 0.4) is 0 Å². The second-order valence-electron chi connectivity index (χ2n) is 4.34. The van der Waals surface area contributed by atoms with Crippen molar-refractivity contribution >= 4 is 5.91 Å². The van der Waals surface area contributed by atoms with E-state index < -0.39 is 0 Å². The average molecular weight is 265 g/mol. The topological polar surface area (TPSA) is 54.5 Å². The zero-order chi connectivity index (χ0) is 14.3. The molecule has 5 nitrogen and oxygen atoms in total. The Morgan fingerprint density at radius 3 is 2.74 bits per heavy atom. The largest absolute Gasteiger partial charge is 0.489 e. The number of hydrogen-bond acceptors (Lipinski definition) is 4. The first-order valence-corrected chi connectivity index (χ1v) is 6.68. The SMILES string of the molecule is CCN(CC)C(=O)c1cc(OC(C)CNC)ccn1. The van der Waals surface area contributed by atoms with Gasteiger partial charge in [-0.3, -0.25) is 9.78 Å².